The maximum absolute atomic E-state index is 11.8. The molecule has 1 amide bonds. The number of nitrogens with zero attached hydrogens (tertiary/aromatic N) is 2. The van der Waals surface area contributed by atoms with E-state index in [2.05, 4.69) is 4.98 Å². The number of amides is 1. The summed E-state index contributed by atoms with van der Waals surface area (Å²) in [5.74, 6) is 0.539. The molecule has 1 N–H and O–H groups in total. The minimum Gasteiger partial charge on any atom is -0.479 e. The summed E-state index contributed by atoms with van der Waals surface area (Å²) >= 11 is 0. The molecule has 0 atom stereocenters. The van der Waals surface area contributed by atoms with Crippen molar-refractivity contribution in [3.05, 3.63) is 47.7 Å². The molecule has 2 aromatic rings. The molecular weight excluding hydrogens is 280 g/mol. The number of benzene rings is 1. The van der Waals surface area contributed by atoms with Gasteiger partial charge in [0.2, 0.25) is 5.88 Å². The molecule has 5 heteroatoms. The Morgan fingerprint density at radius 2 is 1.91 bits per heavy atom. The third kappa shape index (κ3) is 3.03. The fourth-order valence-electron chi connectivity index (χ4n) is 2.41. The Kier molecular flexibility index (Phi) is 4.65. The number of methoxy groups -OCH3 is 1. The van der Waals surface area contributed by atoms with Gasteiger partial charge in [-0.1, -0.05) is 32.0 Å². The Bertz CT molecular complexity index is 669. The topological polar surface area (TPSA) is 62.7 Å². The number of rotatable bonds is 4. The standard InChI is InChI=1S/C17H20N2O3/c1-11(2)14-10-15(16(22-4)18-12(14)3)19(17(20)21)13-8-6-5-7-9-13/h5-11H,1-4H3,(H,20,21). The maximum atomic E-state index is 11.8. The first kappa shape index (κ1) is 15.8. The van der Waals surface area contributed by atoms with Crippen molar-refractivity contribution in [1.29, 1.82) is 0 Å². The normalized spacial score (nSPS) is 10.6. The van der Waals surface area contributed by atoms with Crippen molar-refractivity contribution in [1.82, 2.24) is 4.98 Å². The number of carboxylic acid groups (broad SMARTS) is 1. The second kappa shape index (κ2) is 6.47. The van der Waals surface area contributed by atoms with E-state index in [4.69, 9.17) is 4.74 Å². The Morgan fingerprint density at radius 1 is 1.27 bits per heavy atom. The Labute approximate surface area is 130 Å². The summed E-state index contributed by atoms with van der Waals surface area (Å²) < 4.78 is 5.30. The Hall–Kier alpha value is -2.56. The van der Waals surface area contributed by atoms with Gasteiger partial charge in [0.15, 0.2) is 0 Å². The van der Waals surface area contributed by atoms with E-state index in [1.54, 1.807) is 24.3 Å². The van der Waals surface area contributed by atoms with Gasteiger partial charge < -0.3 is 9.84 Å². The number of aromatic nitrogens is 1. The zero-order valence-electron chi connectivity index (χ0n) is 13.2. The number of hydrogen-bond acceptors (Lipinski definition) is 3. The highest BCUT2D eigenvalue weighted by Crippen LogP contribution is 2.35. The average Bonchev–Trinajstić information content (AvgIpc) is 2.49. The summed E-state index contributed by atoms with van der Waals surface area (Å²) in [6.07, 6.45) is -1.08. The number of para-hydroxylation sites is 1. The SMILES string of the molecule is COc1nc(C)c(C(C)C)cc1N(C(=O)O)c1ccccc1. The van der Waals surface area contributed by atoms with Crippen molar-refractivity contribution in [2.75, 3.05) is 12.0 Å². The lowest BCUT2D eigenvalue weighted by atomic mass is 10.0. The zero-order chi connectivity index (χ0) is 16.3. The van der Waals surface area contributed by atoms with Crippen molar-refractivity contribution in [3.8, 4) is 5.88 Å². The molecule has 22 heavy (non-hydrogen) atoms. The molecule has 0 bridgehead atoms. The van der Waals surface area contributed by atoms with E-state index < -0.39 is 6.09 Å². The minimum atomic E-state index is -1.08. The van der Waals surface area contributed by atoms with Gasteiger partial charge in [-0.2, -0.15) is 0 Å². The summed E-state index contributed by atoms with van der Waals surface area (Å²) in [4.78, 5) is 17.4. The molecule has 1 heterocycles. The van der Waals surface area contributed by atoms with E-state index in [0.29, 0.717) is 17.3 Å². The number of ether oxygens (including phenoxy) is 1. The average molecular weight is 300 g/mol. The number of carbonyl (C=O) groups is 1. The molecule has 0 saturated carbocycles. The molecule has 116 valence electrons. The van der Waals surface area contributed by atoms with Gasteiger partial charge in [-0.15, -0.1) is 0 Å². The summed E-state index contributed by atoms with van der Waals surface area (Å²) in [5.41, 5.74) is 2.82. The summed E-state index contributed by atoms with van der Waals surface area (Å²) in [7, 11) is 1.49. The third-order valence-corrected chi connectivity index (χ3v) is 3.46. The highest BCUT2D eigenvalue weighted by atomic mass is 16.5. The van der Waals surface area contributed by atoms with Gasteiger partial charge in [-0.05, 0) is 36.6 Å². The molecule has 1 aromatic carbocycles. The number of aryl methyl sites for hydroxylation is 1. The summed E-state index contributed by atoms with van der Waals surface area (Å²) in [5, 5.41) is 9.64. The molecule has 0 unspecified atom stereocenters. The molecule has 5 nitrogen and oxygen atoms in total. The first-order chi connectivity index (χ1) is 10.5. The molecule has 0 aliphatic rings. The van der Waals surface area contributed by atoms with Gasteiger partial charge in [0, 0.05) is 5.69 Å². The summed E-state index contributed by atoms with van der Waals surface area (Å²) in [6.45, 7) is 6.00. The van der Waals surface area contributed by atoms with E-state index in [0.717, 1.165) is 11.3 Å². The van der Waals surface area contributed by atoms with Crippen LogP contribution in [0.15, 0.2) is 36.4 Å². The highest BCUT2D eigenvalue weighted by molar-refractivity contribution is 5.96. The lowest BCUT2D eigenvalue weighted by molar-refractivity contribution is 0.204. The van der Waals surface area contributed by atoms with Crippen molar-refractivity contribution >= 4 is 17.5 Å². The predicted octanol–water partition coefficient (Wildman–Crippen LogP) is 4.34. The lowest BCUT2D eigenvalue weighted by Gasteiger charge is -2.23. The molecule has 0 saturated heterocycles. The fourth-order valence-corrected chi connectivity index (χ4v) is 2.41. The van der Waals surface area contributed by atoms with E-state index >= 15 is 0 Å². The highest BCUT2D eigenvalue weighted by Gasteiger charge is 2.23. The second-order valence-electron chi connectivity index (χ2n) is 5.30. The number of anilines is 2. The Morgan fingerprint density at radius 3 is 2.41 bits per heavy atom. The van der Waals surface area contributed by atoms with Crippen LogP contribution >= 0.6 is 0 Å². The second-order valence-corrected chi connectivity index (χ2v) is 5.30. The smallest absolute Gasteiger partial charge is 0.416 e. The van der Waals surface area contributed by atoms with E-state index in [1.165, 1.54) is 12.0 Å². The fraction of sp³-hybridized carbons (Fsp3) is 0.294. The monoisotopic (exact) mass is 300 g/mol. The summed E-state index contributed by atoms with van der Waals surface area (Å²) in [6, 6.07) is 10.7. The Balaban J connectivity index is 2.65. The molecule has 0 radical (unpaired) electrons. The number of pyridine rings is 1. The van der Waals surface area contributed by atoms with Gasteiger partial charge >= 0.3 is 6.09 Å². The van der Waals surface area contributed by atoms with Crippen LogP contribution < -0.4 is 9.64 Å². The largest absolute Gasteiger partial charge is 0.479 e. The molecule has 0 aliphatic carbocycles. The quantitative estimate of drug-likeness (QED) is 0.912. The van der Waals surface area contributed by atoms with Gasteiger partial charge in [0.05, 0.1) is 12.8 Å². The van der Waals surface area contributed by atoms with Crippen molar-refractivity contribution < 1.29 is 14.6 Å². The van der Waals surface area contributed by atoms with Crippen LogP contribution in [0.4, 0.5) is 16.2 Å². The first-order valence-electron chi connectivity index (χ1n) is 7.09. The maximum Gasteiger partial charge on any atom is 0.416 e. The van der Waals surface area contributed by atoms with Crippen LogP contribution in [-0.4, -0.2) is 23.3 Å². The molecular formula is C17H20N2O3. The van der Waals surface area contributed by atoms with E-state index in [1.807, 2.05) is 32.9 Å². The van der Waals surface area contributed by atoms with Crippen molar-refractivity contribution in [2.45, 2.75) is 26.7 Å². The van der Waals surface area contributed by atoms with Crippen LogP contribution in [0.5, 0.6) is 5.88 Å². The van der Waals surface area contributed by atoms with Gasteiger partial charge in [-0.3, -0.25) is 0 Å². The molecule has 1 aromatic heterocycles. The van der Waals surface area contributed by atoms with Crippen LogP contribution in [0, 0.1) is 6.92 Å². The van der Waals surface area contributed by atoms with Crippen LogP contribution in [0.25, 0.3) is 0 Å². The van der Waals surface area contributed by atoms with Crippen LogP contribution in [0.2, 0.25) is 0 Å². The molecule has 0 aliphatic heterocycles. The van der Waals surface area contributed by atoms with Crippen LogP contribution in [-0.2, 0) is 0 Å². The van der Waals surface area contributed by atoms with Crippen molar-refractivity contribution in [2.24, 2.45) is 0 Å². The molecule has 0 spiro atoms. The number of hydrogen-bond donors (Lipinski definition) is 1. The first-order valence-corrected chi connectivity index (χ1v) is 7.09. The van der Waals surface area contributed by atoms with E-state index in [9.17, 15) is 9.90 Å². The minimum absolute atomic E-state index is 0.239. The van der Waals surface area contributed by atoms with Gasteiger partial charge in [0.25, 0.3) is 0 Å². The lowest BCUT2D eigenvalue weighted by Crippen LogP contribution is -2.25. The molecule has 2 rings (SSSR count). The van der Waals surface area contributed by atoms with Crippen LogP contribution in [0.3, 0.4) is 0 Å². The predicted molar refractivity (Wildman–Crippen MR) is 86.2 cm³/mol. The van der Waals surface area contributed by atoms with Crippen LogP contribution in [0.1, 0.15) is 31.0 Å². The molecule has 0 fully saturated rings. The van der Waals surface area contributed by atoms with Gasteiger partial charge in [0.1, 0.15) is 5.69 Å². The zero-order valence-corrected chi connectivity index (χ0v) is 13.2. The third-order valence-electron chi connectivity index (χ3n) is 3.46. The van der Waals surface area contributed by atoms with Crippen molar-refractivity contribution in [3.63, 3.8) is 0 Å². The van der Waals surface area contributed by atoms with E-state index in [-0.39, 0.29) is 5.92 Å². The van der Waals surface area contributed by atoms with Gasteiger partial charge in [-0.25, -0.2) is 14.7 Å².